The van der Waals surface area contributed by atoms with Gasteiger partial charge in [-0.05, 0) is 66.1 Å². The van der Waals surface area contributed by atoms with Crippen LogP contribution in [-0.2, 0) is 9.59 Å². The van der Waals surface area contributed by atoms with Gasteiger partial charge < -0.3 is 9.72 Å². The van der Waals surface area contributed by atoms with Gasteiger partial charge in [-0.3, -0.25) is 19.3 Å². The zero-order valence-electron chi connectivity index (χ0n) is 18.6. The Labute approximate surface area is 214 Å². The highest BCUT2D eigenvalue weighted by Gasteiger charge is 2.69. The number of anilines is 1. The van der Waals surface area contributed by atoms with E-state index in [1.165, 1.54) is 16.2 Å². The number of aromatic nitrogens is 1. The zero-order chi connectivity index (χ0) is 24.0. The number of fused-ring (bicyclic) bond motifs is 9. The number of aromatic amines is 1. The Balaban J connectivity index is 1.31. The Kier molecular flexibility index (Phi) is 4.79. The summed E-state index contributed by atoms with van der Waals surface area (Å²) in [5, 5.41) is 1.66. The summed E-state index contributed by atoms with van der Waals surface area (Å²) in [7, 11) is 1.64. The molecule has 3 fully saturated rings. The van der Waals surface area contributed by atoms with Crippen LogP contribution < -0.4 is 14.5 Å². The molecule has 9 heteroatoms. The number of carbonyl (C=O) groups is 2. The third kappa shape index (κ3) is 2.99. The predicted octanol–water partition coefficient (Wildman–Crippen LogP) is 4.78. The third-order valence-electron chi connectivity index (χ3n) is 8.28. The van der Waals surface area contributed by atoms with Crippen LogP contribution in [0.1, 0.15) is 22.8 Å². The van der Waals surface area contributed by atoms with Crippen LogP contribution in [0.2, 0.25) is 5.02 Å². The molecular weight excluding hydrogens is 504 g/mol. The maximum absolute atomic E-state index is 13.7. The average molecular weight is 525 g/mol. The number of benzene rings is 2. The molecule has 1 N–H and O–H groups in total. The predicted molar refractivity (Wildman–Crippen MR) is 135 cm³/mol. The van der Waals surface area contributed by atoms with Gasteiger partial charge in [0.2, 0.25) is 11.8 Å². The highest BCUT2D eigenvalue weighted by atomic mass is 35.5. The second-order valence-corrected chi connectivity index (χ2v) is 12.4. The smallest absolute Gasteiger partial charge is 0.305 e. The summed E-state index contributed by atoms with van der Waals surface area (Å²) < 4.78 is 5.36. The highest BCUT2D eigenvalue weighted by molar-refractivity contribution is 8.00. The number of imide groups is 1. The van der Waals surface area contributed by atoms with Crippen LogP contribution in [0.25, 0.3) is 0 Å². The van der Waals surface area contributed by atoms with Gasteiger partial charge >= 0.3 is 4.87 Å². The first kappa shape index (κ1) is 21.7. The summed E-state index contributed by atoms with van der Waals surface area (Å²) in [5.74, 6) is 0.346. The van der Waals surface area contributed by atoms with Crippen LogP contribution in [0.3, 0.4) is 0 Å². The summed E-state index contributed by atoms with van der Waals surface area (Å²) >= 11 is 9.01. The van der Waals surface area contributed by atoms with Gasteiger partial charge in [-0.1, -0.05) is 35.1 Å². The number of methoxy groups -OCH3 is 1. The molecule has 2 saturated carbocycles. The number of nitrogens with one attached hydrogen (secondary N) is 1. The van der Waals surface area contributed by atoms with Crippen LogP contribution >= 0.6 is 34.7 Å². The lowest BCUT2D eigenvalue weighted by molar-refractivity contribution is -0.123. The van der Waals surface area contributed by atoms with E-state index >= 15 is 0 Å². The number of hydrogen-bond donors (Lipinski definition) is 1. The molecule has 2 bridgehead atoms. The van der Waals surface area contributed by atoms with Crippen molar-refractivity contribution in [3.63, 3.8) is 0 Å². The second-order valence-electron chi connectivity index (χ2n) is 9.72. The fourth-order valence-electron chi connectivity index (χ4n) is 7.05. The lowest BCUT2D eigenvalue weighted by Crippen LogP contribution is -2.42. The lowest BCUT2D eigenvalue weighted by Gasteiger charge is -2.43. The topological polar surface area (TPSA) is 79.5 Å². The van der Waals surface area contributed by atoms with Crippen molar-refractivity contribution in [1.82, 2.24) is 4.98 Å². The van der Waals surface area contributed by atoms with E-state index in [0.29, 0.717) is 10.7 Å². The van der Waals surface area contributed by atoms with Gasteiger partial charge in [0.25, 0.3) is 0 Å². The quantitative estimate of drug-likeness (QED) is 0.499. The van der Waals surface area contributed by atoms with Gasteiger partial charge in [0.05, 0.1) is 29.7 Å². The largest absolute Gasteiger partial charge is 0.497 e. The van der Waals surface area contributed by atoms with Crippen molar-refractivity contribution in [3.8, 4) is 5.75 Å². The number of nitrogens with zero attached hydrogens (tertiary/aromatic N) is 1. The van der Waals surface area contributed by atoms with Crippen LogP contribution in [-0.4, -0.2) is 29.2 Å². The molecule has 2 aliphatic carbocycles. The first-order chi connectivity index (χ1) is 17.0. The minimum atomic E-state index is -0.317. The number of thiazole rings is 1. The maximum Gasteiger partial charge on any atom is 0.305 e. The van der Waals surface area contributed by atoms with Crippen molar-refractivity contribution in [1.29, 1.82) is 0 Å². The Bertz CT molecular complexity index is 1420. The fourth-order valence-corrected chi connectivity index (χ4v) is 10.1. The number of thioether (sulfide) groups is 1. The van der Waals surface area contributed by atoms with E-state index in [0.717, 1.165) is 27.6 Å². The normalized spacial score (nSPS) is 32.5. The van der Waals surface area contributed by atoms with Crippen molar-refractivity contribution in [2.45, 2.75) is 22.6 Å². The number of amides is 2. The summed E-state index contributed by atoms with van der Waals surface area (Å²) in [6, 6.07) is 14.9. The molecule has 178 valence electrons. The highest BCUT2D eigenvalue weighted by Crippen LogP contribution is 2.68. The molecule has 7 rings (SSSR count). The Hall–Kier alpha value is -2.55. The molecular formula is C26H21ClN2O4S2. The second kappa shape index (κ2) is 7.72. The Morgan fingerprint density at radius 1 is 0.971 bits per heavy atom. The summed E-state index contributed by atoms with van der Waals surface area (Å²) in [5.41, 5.74) is 1.71. The van der Waals surface area contributed by atoms with E-state index in [1.54, 1.807) is 43.1 Å². The van der Waals surface area contributed by atoms with Gasteiger partial charge in [-0.2, -0.15) is 0 Å². The monoisotopic (exact) mass is 524 g/mol. The molecule has 6 nitrogen and oxygen atoms in total. The summed E-state index contributed by atoms with van der Waals surface area (Å²) in [6.07, 6.45) is 0.870. The number of H-pyrrole nitrogens is 1. The van der Waals surface area contributed by atoms with Crippen LogP contribution in [0, 0.1) is 29.6 Å². The lowest BCUT2D eigenvalue weighted by atomic mass is 9.68. The van der Waals surface area contributed by atoms with E-state index in [2.05, 4.69) is 17.1 Å². The van der Waals surface area contributed by atoms with Gasteiger partial charge in [0, 0.05) is 21.1 Å². The molecule has 3 heterocycles. The van der Waals surface area contributed by atoms with Gasteiger partial charge in [-0.25, -0.2) is 0 Å². The van der Waals surface area contributed by atoms with Crippen LogP contribution in [0.15, 0.2) is 58.4 Å². The first-order valence-corrected chi connectivity index (χ1v) is 13.7. The minimum absolute atomic E-state index is 0.00883. The van der Waals surface area contributed by atoms with E-state index in [9.17, 15) is 14.4 Å². The van der Waals surface area contributed by atoms with Crippen LogP contribution in [0.4, 0.5) is 5.69 Å². The van der Waals surface area contributed by atoms with E-state index in [-0.39, 0.29) is 57.4 Å². The molecule has 0 spiro atoms. The fraction of sp³-hybridized carbons (Fsp3) is 0.346. The van der Waals surface area contributed by atoms with Gasteiger partial charge in [0.15, 0.2) is 0 Å². The van der Waals surface area contributed by atoms with E-state index < -0.39 is 0 Å². The SMILES string of the molecule is COc1ccc([C@@H]2c3sc(=O)[nH]c3S[C@@H]3[C@H]4C[C@@H]([C@@H]5C(=O)N(c6ccc(Cl)cc6)C(=O)[C@@H]45)[C@H]23)cc1. The zero-order valence-corrected chi connectivity index (χ0v) is 21.0. The van der Waals surface area contributed by atoms with Crippen molar-refractivity contribution >= 4 is 52.2 Å². The molecule has 0 unspecified atom stereocenters. The Morgan fingerprint density at radius 3 is 2.34 bits per heavy atom. The third-order valence-corrected chi connectivity index (χ3v) is 11.1. The molecule has 35 heavy (non-hydrogen) atoms. The molecule has 2 aliphatic heterocycles. The maximum atomic E-state index is 13.7. The first-order valence-electron chi connectivity index (χ1n) is 11.6. The van der Waals surface area contributed by atoms with E-state index in [4.69, 9.17) is 16.3 Å². The average Bonchev–Trinajstić information content (AvgIpc) is 3.59. The summed E-state index contributed by atoms with van der Waals surface area (Å²) in [6.45, 7) is 0. The van der Waals surface area contributed by atoms with Crippen molar-refractivity contribution in [2.75, 3.05) is 12.0 Å². The Morgan fingerprint density at radius 2 is 1.66 bits per heavy atom. The van der Waals surface area contributed by atoms with E-state index in [1.807, 2.05) is 12.1 Å². The van der Waals surface area contributed by atoms with Crippen molar-refractivity contribution in [2.24, 2.45) is 29.6 Å². The minimum Gasteiger partial charge on any atom is -0.497 e. The van der Waals surface area contributed by atoms with Crippen molar-refractivity contribution in [3.05, 3.63) is 73.7 Å². The summed E-state index contributed by atoms with van der Waals surface area (Å²) in [4.78, 5) is 45.1. The molecule has 7 atom stereocenters. The number of hydrogen-bond acceptors (Lipinski definition) is 6. The molecule has 3 aromatic rings. The van der Waals surface area contributed by atoms with Gasteiger partial charge in [0.1, 0.15) is 5.75 Å². The number of ether oxygens (including phenoxy) is 1. The standard InChI is InChI=1S/C26H21ClN2O4S2/c1-33-14-8-2-11(3-9-14)17-18-15-10-16(21(18)34-23-22(17)35-26(32)28-23)20-19(15)24(30)29(25(20)31)13-6-4-12(27)5-7-13/h2-9,15-21H,10H2,1H3,(H,28,32)/t15-,16+,17+,18-,19+,20+,21-/m1/s1. The molecule has 1 saturated heterocycles. The number of rotatable bonds is 3. The van der Waals surface area contributed by atoms with Crippen LogP contribution in [0.5, 0.6) is 5.75 Å². The molecule has 1 aromatic heterocycles. The van der Waals surface area contributed by atoms with Crippen molar-refractivity contribution < 1.29 is 14.3 Å². The van der Waals surface area contributed by atoms with Gasteiger partial charge in [-0.15, -0.1) is 11.8 Å². The number of halogens is 1. The number of carbonyl (C=O) groups excluding carboxylic acids is 2. The molecule has 4 aliphatic rings. The molecule has 0 radical (unpaired) electrons. The molecule has 2 amide bonds. The molecule has 2 aromatic carbocycles.